The third-order valence-corrected chi connectivity index (χ3v) is 2.20. The molecule has 0 aliphatic heterocycles. The van der Waals surface area contributed by atoms with Crippen molar-refractivity contribution in [1.82, 2.24) is 0 Å². The molecule has 0 aliphatic rings. The van der Waals surface area contributed by atoms with Crippen molar-refractivity contribution in [3.8, 4) is 0 Å². The minimum absolute atomic E-state index is 0. The molecule has 0 bridgehead atoms. The molecule has 0 radical (unpaired) electrons. The number of carbonyl (C=O) groups is 1. The zero-order valence-electron chi connectivity index (χ0n) is 11.5. The van der Waals surface area contributed by atoms with E-state index < -0.39 is 5.97 Å². The van der Waals surface area contributed by atoms with Gasteiger partial charge in [-0.25, -0.2) is 0 Å². The topological polar surface area (TPSA) is 61.7 Å². The minimum atomic E-state index is -1.29. The van der Waals surface area contributed by atoms with Crippen LogP contribution in [0.3, 0.4) is 0 Å². The molecule has 0 saturated heterocycles. The first kappa shape index (κ1) is 17.9. The Morgan fingerprint density at radius 2 is 2.00 bits per heavy atom. The monoisotopic (exact) mass is 269 g/mol. The number of hydrogen-bond acceptors (Lipinski definition) is 4. The number of oxime groups is 1. The maximum Gasteiger partial charge on any atom is 1.00 e. The third kappa shape index (κ3) is 7.15. The number of carboxylic acids is 1. The summed E-state index contributed by atoms with van der Waals surface area (Å²) >= 11 is 0. The molecule has 0 aliphatic carbocycles. The standard InChI is InChI=1S/C14H17NO3.Na/c1-11(2)13(14(16)17)15-18-10-6-9-12-7-4-3-5-8-12;/h3-9,11H,10H2,1-2H3,(H,16,17);/q;+1/p-1. The van der Waals surface area contributed by atoms with Crippen LogP contribution in [0.2, 0.25) is 0 Å². The smallest absolute Gasteiger partial charge is 0.543 e. The van der Waals surface area contributed by atoms with E-state index in [1.54, 1.807) is 19.9 Å². The Bertz CT molecular complexity index is 441. The van der Waals surface area contributed by atoms with E-state index >= 15 is 0 Å². The Morgan fingerprint density at radius 1 is 1.37 bits per heavy atom. The van der Waals surface area contributed by atoms with Gasteiger partial charge >= 0.3 is 29.6 Å². The number of benzene rings is 1. The quantitative estimate of drug-likeness (QED) is 0.273. The third-order valence-electron chi connectivity index (χ3n) is 2.20. The fourth-order valence-corrected chi connectivity index (χ4v) is 1.28. The molecule has 1 aromatic rings. The Kier molecular flexibility index (Phi) is 9.21. The van der Waals surface area contributed by atoms with Crippen LogP contribution in [0.4, 0.5) is 0 Å². The summed E-state index contributed by atoms with van der Waals surface area (Å²) in [5.74, 6) is -1.52. The number of carboxylic acid groups (broad SMARTS) is 1. The molecular weight excluding hydrogens is 253 g/mol. The first-order valence-corrected chi connectivity index (χ1v) is 5.74. The van der Waals surface area contributed by atoms with E-state index in [0.29, 0.717) is 0 Å². The number of hydrogen-bond donors (Lipinski definition) is 0. The van der Waals surface area contributed by atoms with Crippen LogP contribution in [-0.4, -0.2) is 18.3 Å². The van der Waals surface area contributed by atoms with Gasteiger partial charge in [0.05, 0.1) is 5.97 Å². The molecular formula is C14H16NNaO3. The second-order valence-corrected chi connectivity index (χ2v) is 4.03. The largest absolute Gasteiger partial charge is 1.00 e. The minimum Gasteiger partial charge on any atom is -0.543 e. The second-order valence-electron chi connectivity index (χ2n) is 4.03. The van der Waals surface area contributed by atoms with Gasteiger partial charge in [-0.3, -0.25) is 0 Å². The van der Waals surface area contributed by atoms with Crippen LogP contribution in [0.1, 0.15) is 19.4 Å². The summed E-state index contributed by atoms with van der Waals surface area (Å²) in [5, 5.41) is 14.2. The van der Waals surface area contributed by atoms with Crippen LogP contribution in [0.15, 0.2) is 41.6 Å². The van der Waals surface area contributed by atoms with Gasteiger partial charge in [0.2, 0.25) is 0 Å². The zero-order valence-corrected chi connectivity index (χ0v) is 13.5. The zero-order chi connectivity index (χ0) is 13.4. The molecule has 0 N–H and O–H groups in total. The van der Waals surface area contributed by atoms with Gasteiger partial charge in [-0.2, -0.15) is 0 Å². The molecule has 0 heterocycles. The van der Waals surface area contributed by atoms with Crippen LogP contribution in [0, 0.1) is 5.92 Å². The first-order valence-electron chi connectivity index (χ1n) is 5.74. The van der Waals surface area contributed by atoms with Crippen LogP contribution >= 0.6 is 0 Å². The Hall–Kier alpha value is -1.10. The fourth-order valence-electron chi connectivity index (χ4n) is 1.28. The maximum atomic E-state index is 10.7. The van der Waals surface area contributed by atoms with Crippen LogP contribution in [0.25, 0.3) is 6.08 Å². The van der Waals surface area contributed by atoms with Crippen LogP contribution < -0.4 is 34.7 Å². The number of nitrogens with zero attached hydrogens (tertiary/aromatic N) is 1. The van der Waals surface area contributed by atoms with E-state index in [1.165, 1.54) is 0 Å². The Labute approximate surface area is 135 Å². The molecule has 1 rings (SSSR count). The number of aliphatic carboxylic acids is 1. The molecule has 0 amide bonds. The maximum absolute atomic E-state index is 10.7. The van der Waals surface area contributed by atoms with Gasteiger partial charge in [0.1, 0.15) is 12.3 Å². The van der Waals surface area contributed by atoms with Gasteiger partial charge < -0.3 is 14.7 Å². The average Bonchev–Trinajstić information content (AvgIpc) is 2.34. The molecule has 0 spiro atoms. The molecule has 96 valence electrons. The van der Waals surface area contributed by atoms with Gasteiger partial charge in [0.25, 0.3) is 0 Å². The molecule has 0 fully saturated rings. The molecule has 4 nitrogen and oxygen atoms in total. The van der Waals surface area contributed by atoms with Crippen LogP contribution in [-0.2, 0) is 9.63 Å². The average molecular weight is 269 g/mol. The summed E-state index contributed by atoms with van der Waals surface area (Å²) in [6.07, 6.45) is 3.65. The molecule has 0 atom stereocenters. The predicted octanol–water partition coefficient (Wildman–Crippen LogP) is -1.52. The van der Waals surface area contributed by atoms with Crippen molar-refractivity contribution in [2.24, 2.45) is 11.1 Å². The van der Waals surface area contributed by atoms with Gasteiger partial charge in [-0.1, -0.05) is 55.4 Å². The summed E-state index contributed by atoms with van der Waals surface area (Å²) in [5.41, 5.74) is 0.970. The van der Waals surface area contributed by atoms with Crippen molar-refractivity contribution >= 4 is 17.8 Å². The summed E-state index contributed by atoms with van der Waals surface area (Å²) in [4.78, 5) is 15.6. The Balaban J connectivity index is 0.00000324. The molecule has 0 aromatic heterocycles. The van der Waals surface area contributed by atoms with E-state index in [9.17, 15) is 9.90 Å². The van der Waals surface area contributed by atoms with Crippen molar-refractivity contribution in [2.45, 2.75) is 13.8 Å². The summed E-state index contributed by atoms with van der Waals surface area (Å²) < 4.78 is 0. The molecule has 1 aromatic carbocycles. The first-order chi connectivity index (χ1) is 8.61. The molecule has 19 heavy (non-hydrogen) atoms. The van der Waals surface area contributed by atoms with Crippen molar-refractivity contribution in [3.05, 3.63) is 42.0 Å². The predicted molar refractivity (Wildman–Crippen MR) is 68.7 cm³/mol. The van der Waals surface area contributed by atoms with E-state index in [4.69, 9.17) is 4.84 Å². The summed E-state index contributed by atoms with van der Waals surface area (Å²) in [6, 6.07) is 9.73. The molecule has 0 unspecified atom stereocenters. The number of carbonyl (C=O) groups excluding carboxylic acids is 1. The Morgan fingerprint density at radius 3 is 2.53 bits per heavy atom. The van der Waals surface area contributed by atoms with Crippen molar-refractivity contribution < 1.29 is 44.3 Å². The van der Waals surface area contributed by atoms with E-state index in [1.807, 2.05) is 36.4 Å². The summed E-state index contributed by atoms with van der Waals surface area (Å²) in [7, 11) is 0. The van der Waals surface area contributed by atoms with Crippen molar-refractivity contribution in [3.63, 3.8) is 0 Å². The van der Waals surface area contributed by atoms with E-state index in [-0.39, 0.29) is 47.8 Å². The molecule has 5 heteroatoms. The van der Waals surface area contributed by atoms with E-state index in [2.05, 4.69) is 5.16 Å². The SMILES string of the molecule is CC(C)C(=NOCC=Cc1ccccc1)C(=O)[O-].[Na+]. The van der Waals surface area contributed by atoms with Gasteiger partial charge in [0, 0.05) is 5.92 Å². The van der Waals surface area contributed by atoms with Crippen molar-refractivity contribution in [1.29, 1.82) is 0 Å². The van der Waals surface area contributed by atoms with Gasteiger partial charge in [-0.05, 0) is 11.6 Å². The van der Waals surface area contributed by atoms with E-state index in [0.717, 1.165) is 5.56 Å². The van der Waals surface area contributed by atoms with Crippen molar-refractivity contribution in [2.75, 3.05) is 6.61 Å². The second kappa shape index (κ2) is 9.78. The number of rotatable bonds is 6. The summed E-state index contributed by atoms with van der Waals surface area (Å²) in [6.45, 7) is 3.66. The fraction of sp³-hybridized carbons (Fsp3) is 0.286. The normalized spacial score (nSPS) is 11.4. The molecule has 0 saturated carbocycles. The van der Waals surface area contributed by atoms with Gasteiger partial charge in [0.15, 0.2) is 0 Å². The van der Waals surface area contributed by atoms with Crippen LogP contribution in [0.5, 0.6) is 0 Å². The van der Waals surface area contributed by atoms with Gasteiger partial charge in [-0.15, -0.1) is 0 Å².